The molecule has 1 aromatic carbocycles. The van der Waals surface area contributed by atoms with Gasteiger partial charge < -0.3 is 5.11 Å². The molecule has 1 amide bonds. The van der Waals surface area contributed by atoms with Crippen molar-refractivity contribution >= 4 is 22.9 Å². The molecule has 0 bridgehead atoms. The summed E-state index contributed by atoms with van der Waals surface area (Å²) in [4.78, 5) is 15.4. The lowest BCUT2D eigenvalue weighted by molar-refractivity contribution is 0.209. The van der Waals surface area contributed by atoms with Gasteiger partial charge in [-0.3, -0.25) is 10.3 Å². The summed E-state index contributed by atoms with van der Waals surface area (Å²) in [6.07, 6.45) is 7.95. The van der Waals surface area contributed by atoms with Gasteiger partial charge in [-0.25, -0.2) is 13.7 Å². The summed E-state index contributed by atoms with van der Waals surface area (Å²) in [7, 11) is 0. The third kappa shape index (κ3) is 3.18. The van der Waals surface area contributed by atoms with E-state index in [0.717, 1.165) is 35.2 Å². The Kier molecular flexibility index (Phi) is 4.49. The second kappa shape index (κ2) is 7.12. The van der Waals surface area contributed by atoms with E-state index in [-0.39, 0.29) is 11.6 Å². The van der Waals surface area contributed by atoms with Gasteiger partial charge >= 0.3 is 6.09 Å². The van der Waals surface area contributed by atoms with Crippen molar-refractivity contribution in [1.29, 1.82) is 5.26 Å². The van der Waals surface area contributed by atoms with Gasteiger partial charge in [-0.05, 0) is 42.5 Å². The first kappa shape index (κ1) is 17.7. The van der Waals surface area contributed by atoms with Crippen LogP contribution in [0, 0.1) is 23.1 Å². The number of anilines is 1. The van der Waals surface area contributed by atoms with Crippen molar-refractivity contribution in [2.75, 3.05) is 5.32 Å². The predicted molar refractivity (Wildman–Crippen MR) is 101 cm³/mol. The lowest BCUT2D eigenvalue weighted by Crippen LogP contribution is -2.08. The van der Waals surface area contributed by atoms with E-state index >= 15 is 0 Å². The molecule has 1 atom stereocenters. The first-order valence-electron chi connectivity index (χ1n) is 8.78. The predicted octanol–water partition coefficient (Wildman–Crippen LogP) is 4.33. The Hall–Kier alpha value is -3.73. The molecule has 8 heteroatoms. The third-order valence-corrected chi connectivity index (χ3v) is 4.85. The first-order chi connectivity index (χ1) is 13.6. The summed E-state index contributed by atoms with van der Waals surface area (Å²) >= 11 is 0. The van der Waals surface area contributed by atoms with Crippen LogP contribution in [0.5, 0.6) is 0 Å². The minimum atomic E-state index is -1.34. The van der Waals surface area contributed by atoms with Gasteiger partial charge in [0, 0.05) is 18.0 Å². The summed E-state index contributed by atoms with van der Waals surface area (Å²) in [5, 5.41) is 24.4. The van der Waals surface area contributed by atoms with Crippen molar-refractivity contribution < 1.29 is 14.3 Å². The summed E-state index contributed by atoms with van der Waals surface area (Å²) < 4.78 is 15.6. The molecule has 1 unspecified atom stereocenters. The molecule has 0 saturated heterocycles. The fraction of sp³-hybridized carbons (Fsp3) is 0.200. The molecule has 2 heterocycles. The number of aromatic nitrogens is 3. The normalized spacial score (nSPS) is 16.4. The molecular weight excluding hydrogens is 361 g/mol. The molecule has 28 heavy (non-hydrogen) atoms. The number of carboxylic acid groups (broad SMARTS) is 1. The Labute approximate surface area is 159 Å². The van der Waals surface area contributed by atoms with Crippen molar-refractivity contribution in [1.82, 2.24) is 14.6 Å². The number of nitrogens with one attached hydrogen (secondary N) is 1. The number of allylic oxidation sites excluding steroid dienone is 2. The average molecular weight is 377 g/mol. The molecule has 0 aliphatic heterocycles. The monoisotopic (exact) mass is 377 g/mol. The quantitative estimate of drug-likeness (QED) is 0.707. The zero-order chi connectivity index (χ0) is 19.7. The van der Waals surface area contributed by atoms with Gasteiger partial charge in [0.15, 0.2) is 0 Å². The highest BCUT2D eigenvalue weighted by Gasteiger charge is 2.20. The molecule has 7 nitrogen and oxygen atoms in total. The zero-order valence-electron chi connectivity index (χ0n) is 14.8. The number of fused-ring (bicyclic) bond motifs is 1. The van der Waals surface area contributed by atoms with E-state index in [2.05, 4.69) is 21.5 Å². The molecule has 4 rings (SSSR count). The average Bonchev–Trinajstić information content (AvgIpc) is 3.14. The minimum absolute atomic E-state index is 0.0228. The largest absolute Gasteiger partial charge is 0.465 e. The van der Waals surface area contributed by atoms with Crippen molar-refractivity contribution in [3.8, 4) is 17.2 Å². The smallest absolute Gasteiger partial charge is 0.409 e. The summed E-state index contributed by atoms with van der Waals surface area (Å²) in [5.41, 5.74) is 3.80. The van der Waals surface area contributed by atoms with E-state index < -0.39 is 11.9 Å². The lowest BCUT2D eigenvalue weighted by Gasteiger charge is -2.17. The maximum Gasteiger partial charge on any atom is 0.409 e. The van der Waals surface area contributed by atoms with E-state index in [4.69, 9.17) is 10.4 Å². The number of benzene rings is 1. The number of nitrogens with zero attached hydrogens (tertiary/aromatic N) is 4. The van der Waals surface area contributed by atoms with Gasteiger partial charge in [-0.15, -0.1) is 0 Å². The van der Waals surface area contributed by atoms with Gasteiger partial charge in [0.2, 0.25) is 0 Å². The van der Waals surface area contributed by atoms with Crippen LogP contribution in [0.15, 0.2) is 42.9 Å². The Morgan fingerprint density at radius 3 is 3.00 bits per heavy atom. The van der Waals surface area contributed by atoms with E-state index in [1.54, 1.807) is 29.2 Å². The molecule has 3 aromatic rings. The van der Waals surface area contributed by atoms with E-state index in [1.165, 1.54) is 12.1 Å². The Morgan fingerprint density at radius 1 is 1.43 bits per heavy atom. The van der Waals surface area contributed by atoms with Crippen LogP contribution in [0.2, 0.25) is 0 Å². The number of hydrogen-bond acceptors (Lipinski definition) is 4. The maximum atomic E-state index is 13.9. The first-order valence-corrected chi connectivity index (χ1v) is 8.78. The van der Waals surface area contributed by atoms with Crippen LogP contribution in [0.1, 0.15) is 25.0 Å². The molecule has 2 aromatic heterocycles. The number of amides is 1. The van der Waals surface area contributed by atoms with Crippen molar-refractivity contribution in [3.05, 3.63) is 54.4 Å². The molecule has 1 aliphatic carbocycles. The number of nitriles is 1. The Morgan fingerprint density at radius 2 is 2.29 bits per heavy atom. The van der Waals surface area contributed by atoms with E-state index in [0.29, 0.717) is 12.0 Å². The van der Waals surface area contributed by atoms with Crippen molar-refractivity contribution in [3.63, 3.8) is 0 Å². The topological polar surface area (TPSA) is 103 Å². The molecule has 140 valence electrons. The van der Waals surface area contributed by atoms with Crippen LogP contribution in [0.3, 0.4) is 0 Å². The van der Waals surface area contributed by atoms with Crippen molar-refractivity contribution in [2.24, 2.45) is 5.92 Å². The van der Waals surface area contributed by atoms with Crippen LogP contribution in [-0.4, -0.2) is 25.8 Å². The van der Waals surface area contributed by atoms with Crippen LogP contribution in [0.4, 0.5) is 14.9 Å². The zero-order valence-corrected chi connectivity index (χ0v) is 14.8. The number of halogens is 1. The van der Waals surface area contributed by atoms with Crippen LogP contribution in [-0.2, 0) is 0 Å². The second-order valence-corrected chi connectivity index (χ2v) is 6.58. The highest BCUT2D eigenvalue weighted by Crippen LogP contribution is 2.35. The van der Waals surface area contributed by atoms with Gasteiger partial charge in [-0.2, -0.15) is 10.4 Å². The summed E-state index contributed by atoms with van der Waals surface area (Å²) in [6, 6.07) is 6.54. The number of rotatable bonds is 3. The number of hydrogen-bond donors (Lipinski definition) is 2. The van der Waals surface area contributed by atoms with Crippen LogP contribution >= 0.6 is 0 Å². The molecule has 0 saturated carbocycles. The van der Waals surface area contributed by atoms with Gasteiger partial charge in [0.05, 0.1) is 35.1 Å². The standard InChI is InChI=1S/C20H16FN5O2/c21-16-6-5-14(9-17(16)25-20(27)28)15-11-24-26-8-7-23-18(19(15)26)13-3-1-12(10-22)2-4-13/h3,5-9,11-12,25H,1-2,4H2,(H,27,28). The second-order valence-electron chi connectivity index (χ2n) is 6.58. The highest BCUT2D eigenvalue weighted by molar-refractivity contribution is 5.91. The molecule has 2 N–H and O–H groups in total. The SMILES string of the molecule is N#CC1CC=C(c2nccn3ncc(-c4ccc(F)c(NC(=O)O)c4)c23)CC1. The summed E-state index contributed by atoms with van der Waals surface area (Å²) in [6.45, 7) is 0. The van der Waals surface area contributed by atoms with E-state index in [9.17, 15) is 9.18 Å². The van der Waals surface area contributed by atoms with Gasteiger partial charge in [0.1, 0.15) is 5.82 Å². The summed E-state index contributed by atoms with van der Waals surface area (Å²) in [5.74, 6) is -0.631. The van der Waals surface area contributed by atoms with Gasteiger partial charge in [0.25, 0.3) is 0 Å². The fourth-order valence-electron chi connectivity index (χ4n) is 3.46. The lowest BCUT2D eigenvalue weighted by atomic mass is 9.88. The molecule has 0 spiro atoms. The number of carbonyl (C=O) groups is 1. The highest BCUT2D eigenvalue weighted by atomic mass is 19.1. The van der Waals surface area contributed by atoms with Crippen molar-refractivity contribution in [2.45, 2.75) is 19.3 Å². The van der Waals surface area contributed by atoms with Crippen LogP contribution in [0.25, 0.3) is 22.2 Å². The molecule has 0 fully saturated rings. The molecule has 1 aliphatic rings. The van der Waals surface area contributed by atoms with E-state index in [1.807, 2.05) is 6.08 Å². The Balaban J connectivity index is 1.83. The molecular formula is C20H16FN5O2. The van der Waals surface area contributed by atoms with Crippen LogP contribution < -0.4 is 5.32 Å². The maximum absolute atomic E-state index is 13.9. The minimum Gasteiger partial charge on any atom is -0.465 e. The Bertz CT molecular complexity index is 1150. The molecule has 0 radical (unpaired) electrons. The fourth-order valence-corrected chi connectivity index (χ4v) is 3.46. The van der Waals surface area contributed by atoms with Gasteiger partial charge in [-0.1, -0.05) is 12.1 Å². The third-order valence-electron chi connectivity index (χ3n) is 4.85.